The zero-order valence-corrected chi connectivity index (χ0v) is 21.9. The van der Waals surface area contributed by atoms with Crippen LogP contribution in [0.1, 0.15) is 64.4 Å². The van der Waals surface area contributed by atoms with Gasteiger partial charge in [0.1, 0.15) is 29.5 Å². The van der Waals surface area contributed by atoms with E-state index in [9.17, 15) is 4.79 Å². The zero-order valence-electron chi connectivity index (χ0n) is 21.9. The Kier molecular flexibility index (Phi) is 7.20. The van der Waals surface area contributed by atoms with Crippen LogP contribution >= 0.6 is 0 Å². The summed E-state index contributed by atoms with van der Waals surface area (Å²) in [7, 11) is 0. The van der Waals surface area contributed by atoms with Crippen LogP contribution in [0.5, 0.6) is 17.4 Å². The molecule has 2 aromatic carbocycles. The first-order chi connectivity index (χ1) is 17.0. The van der Waals surface area contributed by atoms with Crippen LogP contribution in [0, 0.1) is 6.92 Å². The van der Waals surface area contributed by atoms with Gasteiger partial charge in [-0.25, -0.2) is 9.78 Å². The fraction of sp³-hybridized carbons (Fsp3) is 0.414. The van der Waals surface area contributed by atoms with Crippen molar-refractivity contribution >= 4 is 6.09 Å². The second-order valence-electron chi connectivity index (χ2n) is 10.8. The van der Waals surface area contributed by atoms with E-state index in [1.165, 1.54) is 11.1 Å². The number of ether oxygens (including phenoxy) is 3. The topological polar surface area (TPSA) is 82.6 Å². The molecular formula is C29H35N3O4. The number of aromatic nitrogens is 2. The maximum absolute atomic E-state index is 11.9. The predicted molar refractivity (Wildman–Crippen MR) is 139 cm³/mol. The largest absolute Gasteiger partial charge is 0.490 e. The van der Waals surface area contributed by atoms with Crippen molar-refractivity contribution in [3.63, 3.8) is 0 Å². The predicted octanol–water partition coefficient (Wildman–Crippen LogP) is 6.34. The molecule has 1 amide bonds. The molecule has 0 atom stereocenters. The van der Waals surface area contributed by atoms with Crippen molar-refractivity contribution in [1.29, 1.82) is 0 Å². The average molecular weight is 490 g/mol. The number of carbonyl (C=O) groups is 1. The molecule has 1 N–H and O–H groups in total. The van der Waals surface area contributed by atoms with Gasteiger partial charge in [-0.05, 0) is 63.1 Å². The minimum Gasteiger partial charge on any atom is -0.490 e. The van der Waals surface area contributed by atoms with Crippen molar-refractivity contribution in [3.8, 4) is 17.4 Å². The summed E-state index contributed by atoms with van der Waals surface area (Å²) in [5, 5.41) is 2.82. The summed E-state index contributed by atoms with van der Waals surface area (Å²) in [6.07, 6.45) is 2.68. The molecule has 1 aliphatic rings. The molecule has 0 radical (unpaired) electrons. The molecule has 0 spiro atoms. The summed E-state index contributed by atoms with van der Waals surface area (Å²) in [6, 6.07) is 18.1. The minimum atomic E-state index is -0.374. The molecule has 1 saturated carbocycles. The SMILES string of the molecule is Cc1nccc(Oc2ccc(C(C)(C)c3ccc(OC4CC(OC(=O)NC(C)(C)C)C4)cc3)cc2)n1. The van der Waals surface area contributed by atoms with Crippen LogP contribution in [0.2, 0.25) is 0 Å². The smallest absolute Gasteiger partial charge is 0.407 e. The maximum atomic E-state index is 11.9. The molecule has 0 bridgehead atoms. The van der Waals surface area contributed by atoms with Gasteiger partial charge >= 0.3 is 6.09 Å². The molecule has 1 aliphatic carbocycles. The summed E-state index contributed by atoms with van der Waals surface area (Å²) in [5.41, 5.74) is 1.86. The van der Waals surface area contributed by atoms with Gasteiger partial charge in [-0.1, -0.05) is 38.1 Å². The van der Waals surface area contributed by atoms with E-state index >= 15 is 0 Å². The highest BCUT2D eigenvalue weighted by Gasteiger charge is 2.34. The Balaban J connectivity index is 1.30. The Morgan fingerprint density at radius 3 is 2.00 bits per heavy atom. The summed E-state index contributed by atoms with van der Waals surface area (Å²) >= 11 is 0. The van der Waals surface area contributed by atoms with Crippen molar-refractivity contribution in [2.75, 3.05) is 0 Å². The van der Waals surface area contributed by atoms with Crippen molar-refractivity contribution in [3.05, 3.63) is 77.7 Å². The Hall–Kier alpha value is -3.61. The number of alkyl carbamates (subject to hydrolysis) is 1. The lowest BCUT2D eigenvalue weighted by Crippen LogP contribution is -2.46. The highest BCUT2D eigenvalue weighted by molar-refractivity contribution is 5.68. The highest BCUT2D eigenvalue weighted by atomic mass is 16.6. The fourth-order valence-electron chi connectivity index (χ4n) is 4.06. The number of aryl methyl sites for hydroxylation is 1. The molecule has 0 unspecified atom stereocenters. The van der Waals surface area contributed by atoms with Crippen LogP contribution in [0.3, 0.4) is 0 Å². The number of nitrogens with zero attached hydrogens (tertiary/aromatic N) is 2. The number of benzene rings is 2. The molecule has 190 valence electrons. The first-order valence-electron chi connectivity index (χ1n) is 12.3. The third-order valence-electron chi connectivity index (χ3n) is 6.23. The molecule has 1 aromatic heterocycles. The maximum Gasteiger partial charge on any atom is 0.407 e. The molecule has 1 heterocycles. The Bertz CT molecular complexity index is 1180. The first kappa shape index (κ1) is 25.5. The van der Waals surface area contributed by atoms with Crippen molar-refractivity contribution in [2.24, 2.45) is 0 Å². The summed E-state index contributed by atoms with van der Waals surface area (Å²) in [6.45, 7) is 12.0. The second-order valence-corrected chi connectivity index (χ2v) is 10.8. The van der Waals surface area contributed by atoms with Crippen molar-refractivity contribution < 1.29 is 19.0 Å². The summed E-state index contributed by atoms with van der Waals surface area (Å²) < 4.78 is 17.4. The molecule has 3 aromatic rings. The van der Waals surface area contributed by atoms with Gasteiger partial charge in [0.15, 0.2) is 0 Å². The normalized spacial score (nSPS) is 17.6. The Morgan fingerprint density at radius 1 is 0.861 bits per heavy atom. The van der Waals surface area contributed by atoms with E-state index in [4.69, 9.17) is 14.2 Å². The molecule has 1 fully saturated rings. The van der Waals surface area contributed by atoms with Gasteiger partial charge in [0.05, 0.1) is 0 Å². The monoisotopic (exact) mass is 489 g/mol. The summed E-state index contributed by atoms with van der Waals surface area (Å²) in [5.74, 6) is 2.75. The lowest BCUT2D eigenvalue weighted by molar-refractivity contribution is -0.0243. The fourth-order valence-corrected chi connectivity index (χ4v) is 4.06. The second kappa shape index (κ2) is 10.2. The number of carbonyl (C=O) groups excluding carboxylic acids is 1. The quantitative estimate of drug-likeness (QED) is 0.417. The molecule has 7 heteroatoms. The number of hydrogen-bond acceptors (Lipinski definition) is 6. The molecule has 7 nitrogen and oxygen atoms in total. The standard InChI is InChI=1S/C29H35N3O4/c1-19-30-16-15-26(31-19)35-23-13-9-21(10-14-23)29(5,6)20-7-11-22(12-8-20)34-24-17-25(18-24)36-27(33)32-28(2,3)4/h7-16,24-25H,17-18H2,1-6H3,(H,32,33). The molecule has 0 saturated heterocycles. The van der Waals surface area contributed by atoms with Gasteiger partial charge in [0.2, 0.25) is 5.88 Å². The molecular weight excluding hydrogens is 454 g/mol. The minimum absolute atomic E-state index is 0.0579. The molecule has 0 aliphatic heterocycles. The lowest BCUT2D eigenvalue weighted by atomic mass is 9.78. The number of rotatable bonds is 7. The third kappa shape index (κ3) is 6.53. The molecule has 36 heavy (non-hydrogen) atoms. The number of amides is 1. The Morgan fingerprint density at radius 2 is 1.44 bits per heavy atom. The van der Waals surface area contributed by atoms with Gasteiger partial charge < -0.3 is 19.5 Å². The van der Waals surface area contributed by atoms with Crippen molar-refractivity contribution in [2.45, 2.75) is 77.5 Å². The molecule has 4 rings (SSSR count). The Labute approximate surface area is 213 Å². The van der Waals surface area contributed by atoms with Crippen molar-refractivity contribution in [1.82, 2.24) is 15.3 Å². The van der Waals surface area contributed by atoms with E-state index in [0.717, 1.165) is 11.5 Å². The van der Waals surface area contributed by atoms with Crippen LogP contribution in [-0.2, 0) is 10.2 Å². The van der Waals surface area contributed by atoms with E-state index in [1.54, 1.807) is 12.3 Å². The van der Waals surface area contributed by atoms with E-state index in [0.29, 0.717) is 24.5 Å². The van der Waals surface area contributed by atoms with Gasteiger partial charge in [-0.3, -0.25) is 0 Å². The third-order valence-corrected chi connectivity index (χ3v) is 6.23. The number of nitrogens with one attached hydrogen (secondary N) is 1. The van der Waals surface area contributed by atoms with Crippen LogP contribution in [0.25, 0.3) is 0 Å². The van der Waals surface area contributed by atoms with Gasteiger partial charge in [-0.15, -0.1) is 0 Å². The van der Waals surface area contributed by atoms with Gasteiger partial charge in [0.25, 0.3) is 0 Å². The van der Waals surface area contributed by atoms with E-state index in [1.807, 2.05) is 52.0 Å². The van der Waals surface area contributed by atoms with Gasteiger partial charge in [0, 0.05) is 36.1 Å². The van der Waals surface area contributed by atoms with Crippen LogP contribution in [0.4, 0.5) is 4.79 Å². The highest BCUT2D eigenvalue weighted by Crippen LogP contribution is 2.35. The van der Waals surface area contributed by atoms with Crippen LogP contribution in [-0.4, -0.2) is 33.8 Å². The zero-order chi connectivity index (χ0) is 25.9. The van der Waals surface area contributed by atoms with E-state index < -0.39 is 0 Å². The van der Waals surface area contributed by atoms with Gasteiger partial charge in [-0.2, -0.15) is 4.98 Å². The van der Waals surface area contributed by atoms with E-state index in [2.05, 4.69) is 53.4 Å². The first-order valence-corrected chi connectivity index (χ1v) is 12.3. The number of hydrogen-bond donors (Lipinski definition) is 1. The average Bonchev–Trinajstić information content (AvgIpc) is 2.77. The van der Waals surface area contributed by atoms with Crippen LogP contribution < -0.4 is 14.8 Å². The van der Waals surface area contributed by atoms with Crippen LogP contribution in [0.15, 0.2) is 60.8 Å². The lowest BCUT2D eigenvalue weighted by Gasteiger charge is -2.35. The summed E-state index contributed by atoms with van der Waals surface area (Å²) in [4.78, 5) is 20.3. The van der Waals surface area contributed by atoms with E-state index in [-0.39, 0.29) is 29.3 Å².